The lowest BCUT2D eigenvalue weighted by molar-refractivity contribution is 0.469. The number of fused-ring (bicyclic) bond motifs is 1. The number of phenols is 1. The van der Waals surface area contributed by atoms with Crippen LogP contribution in [0.2, 0.25) is 0 Å². The fraction of sp³-hybridized carbons (Fsp3) is 0.111. The summed E-state index contributed by atoms with van der Waals surface area (Å²) < 4.78 is 0. The smallest absolute Gasteiger partial charge is 0.120 e. The molecule has 0 saturated heterocycles. The molecule has 0 amide bonds. The number of allylic oxidation sites excluding steroid dienone is 1. The van der Waals surface area contributed by atoms with Gasteiger partial charge in [0.25, 0.3) is 0 Å². The van der Waals surface area contributed by atoms with E-state index in [0.717, 1.165) is 11.1 Å². The van der Waals surface area contributed by atoms with Crippen LogP contribution < -0.4 is 0 Å². The molecule has 56 valence electrons. The third kappa shape index (κ3) is 0.965. The second kappa shape index (κ2) is 2.35. The number of aromatic hydroxyl groups is 1. The second-order valence-corrected chi connectivity index (χ2v) is 3.38. The van der Waals surface area contributed by atoms with Gasteiger partial charge < -0.3 is 5.11 Å². The predicted octanol–water partition coefficient (Wildman–Crippen LogP) is 2.34. The normalized spacial score (nSPS) is 20.3. The maximum Gasteiger partial charge on any atom is 0.120 e. The Hall–Kier alpha value is -0.810. The summed E-state index contributed by atoms with van der Waals surface area (Å²) in [6, 6.07) is 5.60. The van der Waals surface area contributed by atoms with Gasteiger partial charge in [0.05, 0.1) is 0 Å². The zero-order valence-electron chi connectivity index (χ0n) is 5.99. The van der Waals surface area contributed by atoms with Crippen molar-refractivity contribution in [3.63, 3.8) is 0 Å². The molecular formula is C9H9OP. The molecule has 1 aliphatic carbocycles. The minimum absolute atomic E-state index is 0.284. The number of rotatable bonds is 0. The largest absolute Gasteiger partial charge is 0.508 e. The van der Waals surface area contributed by atoms with E-state index in [9.17, 15) is 5.11 Å². The van der Waals surface area contributed by atoms with E-state index in [1.165, 1.54) is 0 Å². The first-order valence-corrected chi connectivity index (χ1v) is 4.21. The highest BCUT2D eigenvalue weighted by atomic mass is 31.0. The summed E-state index contributed by atoms with van der Waals surface area (Å²) in [5.41, 5.74) is 2.44. The molecule has 0 aromatic heterocycles. The number of hydrogen-bond acceptors (Lipinski definition) is 1. The predicted molar refractivity (Wildman–Crippen MR) is 49.6 cm³/mol. The van der Waals surface area contributed by atoms with Crippen LogP contribution >= 0.6 is 9.24 Å². The SMILES string of the molecule is Oc1cccc2c1C(P)C=C2. The van der Waals surface area contributed by atoms with Crippen LogP contribution in [0.25, 0.3) is 6.08 Å². The van der Waals surface area contributed by atoms with E-state index in [0.29, 0.717) is 5.75 Å². The molecule has 0 saturated carbocycles. The van der Waals surface area contributed by atoms with E-state index in [-0.39, 0.29) is 5.66 Å². The first-order chi connectivity index (χ1) is 5.29. The fourth-order valence-corrected chi connectivity index (χ4v) is 1.86. The van der Waals surface area contributed by atoms with Crippen LogP contribution in [0.1, 0.15) is 16.8 Å². The Balaban J connectivity index is 2.65. The molecule has 2 rings (SSSR count). The van der Waals surface area contributed by atoms with Crippen LogP contribution in [0.3, 0.4) is 0 Å². The van der Waals surface area contributed by atoms with Crippen molar-refractivity contribution < 1.29 is 5.11 Å². The molecule has 1 aromatic carbocycles. The lowest BCUT2D eigenvalue weighted by atomic mass is 10.1. The van der Waals surface area contributed by atoms with Crippen molar-refractivity contribution in [1.82, 2.24) is 0 Å². The van der Waals surface area contributed by atoms with Gasteiger partial charge in [0.1, 0.15) is 5.75 Å². The van der Waals surface area contributed by atoms with Gasteiger partial charge >= 0.3 is 0 Å². The van der Waals surface area contributed by atoms with Crippen LogP contribution in [-0.2, 0) is 0 Å². The molecular weight excluding hydrogens is 155 g/mol. The highest BCUT2D eigenvalue weighted by molar-refractivity contribution is 7.17. The minimum atomic E-state index is 0.284. The Bertz CT molecular complexity index is 317. The summed E-state index contributed by atoms with van der Waals surface area (Å²) in [4.78, 5) is 0. The Kier molecular flexibility index (Phi) is 1.47. The molecule has 0 aliphatic heterocycles. The monoisotopic (exact) mass is 164 g/mol. The molecule has 2 heteroatoms. The average Bonchev–Trinajstić information content (AvgIpc) is 2.34. The van der Waals surface area contributed by atoms with Gasteiger partial charge in [-0.1, -0.05) is 24.3 Å². The van der Waals surface area contributed by atoms with Crippen molar-refractivity contribution >= 4 is 15.3 Å². The Morgan fingerprint density at radius 2 is 2.18 bits per heavy atom. The fourth-order valence-electron chi connectivity index (χ4n) is 1.38. The average molecular weight is 164 g/mol. The van der Waals surface area contributed by atoms with Crippen molar-refractivity contribution in [1.29, 1.82) is 0 Å². The van der Waals surface area contributed by atoms with E-state index in [2.05, 4.69) is 15.3 Å². The third-order valence-electron chi connectivity index (χ3n) is 1.93. The standard InChI is InChI=1S/C9H9OP/c10-7-3-1-2-6-4-5-8(11)9(6)7/h1-5,8,10H,11H2. The molecule has 0 spiro atoms. The Morgan fingerprint density at radius 1 is 1.36 bits per heavy atom. The van der Waals surface area contributed by atoms with Crippen molar-refractivity contribution in [2.75, 3.05) is 0 Å². The molecule has 2 unspecified atom stereocenters. The Morgan fingerprint density at radius 3 is 2.91 bits per heavy atom. The van der Waals surface area contributed by atoms with Gasteiger partial charge in [-0.15, -0.1) is 9.24 Å². The van der Waals surface area contributed by atoms with E-state index < -0.39 is 0 Å². The van der Waals surface area contributed by atoms with Gasteiger partial charge in [-0.3, -0.25) is 0 Å². The molecule has 0 heterocycles. The van der Waals surface area contributed by atoms with Crippen LogP contribution in [-0.4, -0.2) is 5.11 Å². The van der Waals surface area contributed by atoms with Gasteiger partial charge in [0.15, 0.2) is 0 Å². The summed E-state index contributed by atoms with van der Waals surface area (Å²) >= 11 is 0. The van der Waals surface area contributed by atoms with Gasteiger partial charge in [0, 0.05) is 11.2 Å². The van der Waals surface area contributed by atoms with E-state index in [4.69, 9.17) is 0 Å². The maximum absolute atomic E-state index is 9.45. The van der Waals surface area contributed by atoms with Gasteiger partial charge in [0.2, 0.25) is 0 Å². The molecule has 0 radical (unpaired) electrons. The molecule has 1 aromatic rings. The summed E-state index contributed by atoms with van der Waals surface area (Å²) in [6.45, 7) is 0. The van der Waals surface area contributed by atoms with E-state index in [1.807, 2.05) is 18.2 Å². The van der Waals surface area contributed by atoms with Crippen molar-refractivity contribution in [3.8, 4) is 5.75 Å². The number of benzene rings is 1. The molecule has 0 bridgehead atoms. The lowest BCUT2D eigenvalue weighted by Crippen LogP contribution is -1.83. The maximum atomic E-state index is 9.45. The summed E-state index contributed by atoms with van der Waals surface area (Å²) in [6.07, 6.45) is 4.10. The minimum Gasteiger partial charge on any atom is -0.508 e. The topological polar surface area (TPSA) is 20.2 Å². The van der Waals surface area contributed by atoms with Crippen molar-refractivity contribution in [3.05, 3.63) is 35.4 Å². The molecule has 1 nitrogen and oxygen atoms in total. The lowest BCUT2D eigenvalue weighted by Gasteiger charge is -2.05. The van der Waals surface area contributed by atoms with Gasteiger partial charge in [-0.2, -0.15) is 0 Å². The summed E-state index contributed by atoms with van der Waals surface area (Å²) in [5, 5.41) is 9.45. The second-order valence-electron chi connectivity index (χ2n) is 2.66. The van der Waals surface area contributed by atoms with Gasteiger partial charge in [-0.25, -0.2) is 0 Å². The molecule has 0 fully saturated rings. The quantitative estimate of drug-likeness (QED) is 0.583. The van der Waals surface area contributed by atoms with Crippen LogP contribution in [0.15, 0.2) is 24.3 Å². The zero-order valence-corrected chi connectivity index (χ0v) is 7.14. The molecule has 11 heavy (non-hydrogen) atoms. The highest BCUT2D eigenvalue weighted by Gasteiger charge is 2.15. The first-order valence-electron chi connectivity index (χ1n) is 3.54. The number of hydrogen-bond donors (Lipinski definition) is 1. The molecule has 2 atom stereocenters. The van der Waals surface area contributed by atoms with Crippen LogP contribution in [0.4, 0.5) is 0 Å². The van der Waals surface area contributed by atoms with Crippen LogP contribution in [0.5, 0.6) is 5.75 Å². The van der Waals surface area contributed by atoms with Gasteiger partial charge in [-0.05, 0) is 11.6 Å². The molecule has 1 aliphatic rings. The summed E-state index contributed by atoms with van der Waals surface area (Å²) in [7, 11) is 2.69. The zero-order chi connectivity index (χ0) is 7.84. The van der Waals surface area contributed by atoms with E-state index >= 15 is 0 Å². The van der Waals surface area contributed by atoms with Crippen molar-refractivity contribution in [2.24, 2.45) is 0 Å². The van der Waals surface area contributed by atoms with E-state index in [1.54, 1.807) is 6.07 Å². The summed E-state index contributed by atoms with van der Waals surface area (Å²) in [5.74, 6) is 0.396. The van der Waals surface area contributed by atoms with Crippen LogP contribution in [0, 0.1) is 0 Å². The first kappa shape index (κ1) is 6.87. The third-order valence-corrected chi connectivity index (χ3v) is 2.49. The Labute approximate surface area is 68.0 Å². The van der Waals surface area contributed by atoms with Crippen molar-refractivity contribution in [2.45, 2.75) is 5.66 Å². The number of phenolic OH excluding ortho intramolecular Hbond substituents is 1. The molecule has 1 N–H and O–H groups in total. The highest BCUT2D eigenvalue weighted by Crippen LogP contribution is 2.39.